The number of hydrogen-bond donors (Lipinski definition) is 0. The Balaban J connectivity index is 1.57. The lowest BCUT2D eigenvalue weighted by Crippen LogP contribution is -2.30. The second-order valence-corrected chi connectivity index (χ2v) is 7.67. The maximum atomic E-state index is 12.7. The molecular weight excluding hydrogens is 362 g/mol. The van der Waals surface area contributed by atoms with E-state index in [1.807, 2.05) is 29.2 Å². The Labute approximate surface area is 166 Å². The van der Waals surface area contributed by atoms with Crippen LogP contribution in [0.1, 0.15) is 76.6 Å². The van der Waals surface area contributed by atoms with E-state index in [2.05, 4.69) is 17.1 Å². The van der Waals surface area contributed by atoms with Crippen molar-refractivity contribution in [2.75, 3.05) is 6.54 Å². The first-order valence-corrected chi connectivity index (χ1v) is 10.5. The highest BCUT2D eigenvalue weighted by molar-refractivity contribution is 6.30. The van der Waals surface area contributed by atoms with Gasteiger partial charge < -0.3 is 9.42 Å². The molecule has 6 heteroatoms. The number of aromatic nitrogens is 2. The monoisotopic (exact) mass is 389 g/mol. The molecule has 1 atom stereocenters. The van der Waals surface area contributed by atoms with Crippen molar-refractivity contribution < 1.29 is 9.32 Å². The smallest absolute Gasteiger partial charge is 0.249 e. The zero-order valence-corrected chi connectivity index (χ0v) is 16.7. The van der Waals surface area contributed by atoms with Gasteiger partial charge in [-0.3, -0.25) is 4.79 Å². The van der Waals surface area contributed by atoms with Crippen LogP contribution >= 0.6 is 11.6 Å². The number of nitrogens with zero attached hydrogens (tertiary/aromatic N) is 3. The summed E-state index contributed by atoms with van der Waals surface area (Å²) in [5.41, 5.74) is 0.820. The molecule has 1 unspecified atom stereocenters. The molecular formula is C21H28ClN3O2. The molecule has 1 amide bonds. The number of amides is 1. The molecule has 2 heterocycles. The summed E-state index contributed by atoms with van der Waals surface area (Å²) in [5, 5.41) is 4.72. The second kappa shape index (κ2) is 9.88. The van der Waals surface area contributed by atoms with Gasteiger partial charge in [-0.2, -0.15) is 4.98 Å². The van der Waals surface area contributed by atoms with Gasteiger partial charge in [-0.15, -0.1) is 0 Å². The molecule has 146 valence electrons. The highest BCUT2D eigenvalue weighted by Crippen LogP contribution is 2.33. The third kappa shape index (κ3) is 5.32. The minimum Gasteiger partial charge on any atom is -0.337 e. The van der Waals surface area contributed by atoms with Crippen molar-refractivity contribution in [3.63, 3.8) is 0 Å². The van der Waals surface area contributed by atoms with E-state index in [1.54, 1.807) is 0 Å². The lowest BCUT2D eigenvalue weighted by Gasteiger charge is -2.21. The van der Waals surface area contributed by atoms with Crippen LogP contribution in [0.15, 0.2) is 28.8 Å². The topological polar surface area (TPSA) is 59.2 Å². The number of unbranched alkanes of at least 4 members (excludes halogenated alkanes) is 5. The van der Waals surface area contributed by atoms with Crippen LogP contribution in [-0.4, -0.2) is 27.5 Å². The highest BCUT2D eigenvalue weighted by Gasteiger charge is 2.33. The van der Waals surface area contributed by atoms with Crippen molar-refractivity contribution in [1.82, 2.24) is 15.0 Å². The molecule has 1 fully saturated rings. The summed E-state index contributed by atoms with van der Waals surface area (Å²) >= 11 is 6.04. The van der Waals surface area contributed by atoms with Gasteiger partial charge in [0.25, 0.3) is 0 Å². The zero-order valence-electron chi connectivity index (χ0n) is 16.0. The standard InChI is InChI=1S/C21H28ClN3O2/c1-2-3-4-5-6-7-13-19(26)25-14-9-12-18(25)21-23-20(24-27-21)16-10-8-11-17(22)15-16/h8,10-11,15,18H,2-7,9,12-14H2,1H3. The maximum absolute atomic E-state index is 12.7. The number of carbonyl (C=O) groups excluding carboxylic acids is 1. The van der Waals surface area contributed by atoms with E-state index in [0.29, 0.717) is 23.2 Å². The zero-order chi connectivity index (χ0) is 19.1. The summed E-state index contributed by atoms with van der Waals surface area (Å²) in [6, 6.07) is 7.28. The summed E-state index contributed by atoms with van der Waals surface area (Å²) < 4.78 is 5.50. The van der Waals surface area contributed by atoms with E-state index in [0.717, 1.165) is 37.8 Å². The van der Waals surface area contributed by atoms with Crippen LogP contribution in [0.3, 0.4) is 0 Å². The van der Waals surface area contributed by atoms with Gasteiger partial charge in [-0.25, -0.2) is 0 Å². The molecule has 1 aliphatic heterocycles. The summed E-state index contributed by atoms with van der Waals surface area (Å²) in [7, 11) is 0. The summed E-state index contributed by atoms with van der Waals surface area (Å²) in [6.45, 7) is 2.99. The average molecular weight is 390 g/mol. The highest BCUT2D eigenvalue weighted by atomic mass is 35.5. The number of likely N-dealkylation sites (tertiary alicyclic amines) is 1. The number of benzene rings is 1. The largest absolute Gasteiger partial charge is 0.337 e. The van der Waals surface area contributed by atoms with E-state index < -0.39 is 0 Å². The molecule has 0 aliphatic carbocycles. The number of halogens is 1. The van der Waals surface area contributed by atoms with Crippen LogP contribution in [0.25, 0.3) is 11.4 Å². The van der Waals surface area contributed by atoms with Gasteiger partial charge in [-0.1, -0.05) is 67.9 Å². The van der Waals surface area contributed by atoms with Gasteiger partial charge >= 0.3 is 0 Å². The van der Waals surface area contributed by atoms with Crippen LogP contribution in [0, 0.1) is 0 Å². The maximum Gasteiger partial charge on any atom is 0.249 e. The number of hydrogen-bond acceptors (Lipinski definition) is 4. The van der Waals surface area contributed by atoms with E-state index in [9.17, 15) is 4.79 Å². The third-order valence-corrected chi connectivity index (χ3v) is 5.36. The molecule has 3 rings (SSSR count). The third-order valence-electron chi connectivity index (χ3n) is 5.13. The van der Waals surface area contributed by atoms with Crippen molar-refractivity contribution in [2.45, 2.75) is 70.8 Å². The molecule has 5 nitrogen and oxygen atoms in total. The minimum atomic E-state index is -0.0991. The predicted octanol–water partition coefficient (Wildman–Crippen LogP) is 5.80. The lowest BCUT2D eigenvalue weighted by atomic mass is 10.1. The Morgan fingerprint density at radius 3 is 2.89 bits per heavy atom. The van der Waals surface area contributed by atoms with Crippen molar-refractivity contribution in [3.8, 4) is 11.4 Å². The Kier molecular flexibility index (Phi) is 7.27. The van der Waals surface area contributed by atoms with Crippen LogP contribution in [0.5, 0.6) is 0 Å². The fourth-order valence-corrected chi connectivity index (χ4v) is 3.83. The normalized spacial score (nSPS) is 16.8. The van der Waals surface area contributed by atoms with E-state index in [1.165, 1.54) is 25.7 Å². The molecule has 0 saturated carbocycles. The Bertz CT molecular complexity index is 747. The van der Waals surface area contributed by atoms with E-state index >= 15 is 0 Å². The summed E-state index contributed by atoms with van der Waals surface area (Å²) in [4.78, 5) is 19.1. The molecule has 0 N–H and O–H groups in total. The first-order chi connectivity index (χ1) is 13.2. The molecule has 1 aromatic heterocycles. The van der Waals surface area contributed by atoms with Crippen LogP contribution in [0.4, 0.5) is 0 Å². The Morgan fingerprint density at radius 1 is 1.26 bits per heavy atom. The average Bonchev–Trinajstić information content (AvgIpc) is 3.33. The van der Waals surface area contributed by atoms with Crippen molar-refractivity contribution >= 4 is 17.5 Å². The first-order valence-electron chi connectivity index (χ1n) is 10.1. The molecule has 0 spiro atoms. The molecule has 2 aromatic rings. The Hall–Kier alpha value is -1.88. The predicted molar refractivity (Wildman–Crippen MR) is 106 cm³/mol. The number of carbonyl (C=O) groups is 1. The SMILES string of the molecule is CCCCCCCCC(=O)N1CCCC1c1nc(-c2cccc(Cl)c2)no1. The molecule has 0 bridgehead atoms. The van der Waals surface area contributed by atoms with Crippen LogP contribution < -0.4 is 0 Å². The molecule has 1 saturated heterocycles. The van der Waals surface area contributed by atoms with E-state index in [4.69, 9.17) is 16.1 Å². The van der Waals surface area contributed by atoms with Crippen molar-refractivity contribution in [2.24, 2.45) is 0 Å². The van der Waals surface area contributed by atoms with Gasteiger partial charge in [0.05, 0.1) is 0 Å². The lowest BCUT2D eigenvalue weighted by molar-refractivity contribution is -0.132. The van der Waals surface area contributed by atoms with Gasteiger partial charge in [-0.05, 0) is 31.4 Å². The molecule has 1 aromatic carbocycles. The van der Waals surface area contributed by atoms with Crippen molar-refractivity contribution in [3.05, 3.63) is 35.2 Å². The minimum absolute atomic E-state index is 0.0991. The summed E-state index contributed by atoms with van der Waals surface area (Å²) in [6.07, 6.45) is 9.57. The summed E-state index contributed by atoms with van der Waals surface area (Å²) in [5.74, 6) is 1.25. The van der Waals surface area contributed by atoms with Crippen LogP contribution in [0.2, 0.25) is 5.02 Å². The van der Waals surface area contributed by atoms with Gasteiger partial charge in [0.15, 0.2) is 0 Å². The van der Waals surface area contributed by atoms with E-state index in [-0.39, 0.29) is 11.9 Å². The van der Waals surface area contributed by atoms with Gasteiger partial charge in [0, 0.05) is 23.6 Å². The first kappa shape index (κ1) is 19.9. The fraction of sp³-hybridized carbons (Fsp3) is 0.571. The van der Waals surface area contributed by atoms with Gasteiger partial charge in [0.2, 0.25) is 17.6 Å². The molecule has 27 heavy (non-hydrogen) atoms. The quantitative estimate of drug-likeness (QED) is 0.508. The fourth-order valence-electron chi connectivity index (χ4n) is 3.64. The molecule has 1 aliphatic rings. The second-order valence-electron chi connectivity index (χ2n) is 7.23. The van der Waals surface area contributed by atoms with Gasteiger partial charge in [0.1, 0.15) is 6.04 Å². The van der Waals surface area contributed by atoms with Crippen molar-refractivity contribution in [1.29, 1.82) is 0 Å². The number of rotatable bonds is 9. The Morgan fingerprint density at radius 2 is 2.07 bits per heavy atom. The van der Waals surface area contributed by atoms with Crippen LogP contribution in [-0.2, 0) is 4.79 Å². The molecule has 0 radical (unpaired) electrons.